The Labute approximate surface area is 150 Å². The molecule has 7 nitrogen and oxygen atoms in total. The maximum Gasteiger partial charge on any atom is 0.332 e. The zero-order valence-corrected chi connectivity index (χ0v) is 15.4. The molecule has 0 aliphatic carbocycles. The van der Waals surface area contributed by atoms with E-state index in [4.69, 9.17) is 4.74 Å². The Kier molecular flexibility index (Phi) is 4.31. The summed E-state index contributed by atoms with van der Waals surface area (Å²) in [4.78, 5) is 37.6. The molecule has 1 aliphatic heterocycles. The average Bonchev–Trinajstić information content (AvgIpc) is 2.63. The van der Waals surface area contributed by atoms with Crippen molar-refractivity contribution in [3.8, 4) is 5.75 Å². The lowest BCUT2D eigenvalue weighted by Crippen LogP contribution is -2.43. The van der Waals surface area contributed by atoms with Crippen LogP contribution in [0.1, 0.15) is 25.0 Å². The zero-order chi connectivity index (χ0) is 19.2. The molecule has 0 amide bonds. The van der Waals surface area contributed by atoms with Gasteiger partial charge in [0.15, 0.2) is 5.78 Å². The summed E-state index contributed by atoms with van der Waals surface area (Å²) in [7, 11) is 4.61. The Balaban J connectivity index is 2.44. The molecule has 2 aromatic rings. The molecule has 1 aliphatic rings. The minimum Gasteiger partial charge on any atom is -0.497 e. The molecule has 0 saturated heterocycles. The molecule has 1 N–H and O–H groups in total. The summed E-state index contributed by atoms with van der Waals surface area (Å²) in [6, 6.07) is 6.83. The summed E-state index contributed by atoms with van der Waals surface area (Å²) in [5.74, 6) is 0.966. The fraction of sp³-hybridized carbons (Fsp3) is 0.316. The third-order valence-electron chi connectivity index (χ3n) is 4.73. The summed E-state index contributed by atoms with van der Waals surface area (Å²) in [6.07, 6.45) is 0. The van der Waals surface area contributed by atoms with Crippen molar-refractivity contribution in [1.29, 1.82) is 0 Å². The number of benzene rings is 1. The van der Waals surface area contributed by atoms with Crippen molar-refractivity contribution < 1.29 is 9.53 Å². The van der Waals surface area contributed by atoms with E-state index in [9.17, 15) is 14.4 Å². The third-order valence-corrected chi connectivity index (χ3v) is 4.73. The van der Waals surface area contributed by atoms with Crippen LogP contribution in [0.2, 0.25) is 0 Å². The molecule has 0 spiro atoms. The number of carbonyl (C=O) groups excluding carboxylic acids is 1. The van der Waals surface area contributed by atoms with Crippen LogP contribution in [0.25, 0.3) is 5.57 Å². The second kappa shape index (κ2) is 6.33. The second-order valence-electron chi connectivity index (χ2n) is 6.37. The van der Waals surface area contributed by atoms with E-state index in [1.165, 1.54) is 18.5 Å². The topological polar surface area (TPSA) is 82.3 Å². The SMILES string of the molecule is COc1ccc(C2=C(C(C)=O)[C@H](C)Nc3c2c(=O)n(C)c(=O)n3C)cc1. The Morgan fingerprint density at radius 2 is 1.73 bits per heavy atom. The van der Waals surface area contributed by atoms with Gasteiger partial charge in [0.2, 0.25) is 0 Å². The number of nitrogens with zero attached hydrogens (tertiary/aromatic N) is 2. The molecular formula is C19H21N3O4. The van der Waals surface area contributed by atoms with Gasteiger partial charge in [-0.05, 0) is 31.5 Å². The van der Waals surface area contributed by atoms with E-state index in [1.807, 2.05) is 19.1 Å². The molecule has 1 aromatic heterocycles. The number of anilines is 1. The third kappa shape index (κ3) is 2.56. The number of ketones is 1. The Hall–Kier alpha value is -3.09. The fourth-order valence-electron chi connectivity index (χ4n) is 3.41. The molecule has 0 bridgehead atoms. The van der Waals surface area contributed by atoms with Gasteiger partial charge in [0.25, 0.3) is 5.56 Å². The summed E-state index contributed by atoms with van der Waals surface area (Å²) in [5, 5.41) is 3.14. The number of methoxy groups -OCH3 is 1. The second-order valence-corrected chi connectivity index (χ2v) is 6.37. The van der Waals surface area contributed by atoms with E-state index in [-0.39, 0.29) is 11.8 Å². The van der Waals surface area contributed by atoms with Crippen molar-refractivity contribution in [2.45, 2.75) is 19.9 Å². The van der Waals surface area contributed by atoms with Crippen LogP contribution < -0.4 is 21.3 Å². The molecule has 0 saturated carbocycles. The number of fused-ring (bicyclic) bond motifs is 1. The van der Waals surface area contributed by atoms with Crippen molar-refractivity contribution in [1.82, 2.24) is 9.13 Å². The normalized spacial score (nSPS) is 16.1. The molecule has 1 aromatic carbocycles. The van der Waals surface area contributed by atoms with E-state index in [0.29, 0.717) is 28.3 Å². The zero-order valence-electron chi connectivity index (χ0n) is 15.4. The number of hydrogen-bond acceptors (Lipinski definition) is 5. The molecular weight excluding hydrogens is 334 g/mol. The number of Topliss-reactive ketones (excluding diaryl/α,β-unsaturated/α-hetero) is 1. The maximum absolute atomic E-state index is 12.9. The molecule has 0 unspecified atom stereocenters. The predicted molar refractivity (Wildman–Crippen MR) is 99.7 cm³/mol. The van der Waals surface area contributed by atoms with Crippen molar-refractivity contribution >= 4 is 17.2 Å². The Morgan fingerprint density at radius 3 is 2.27 bits per heavy atom. The largest absolute Gasteiger partial charge is 0.497 e. The van der Waals surface area contributed by atoms with Crippen molar-refractivity contribution in [3.63, 3.8) is 0 Å². The fourth-order valence-corrected chi connectivity index (χ4v) is 3.41. The van der Waals surface area contributed by atoms with Crippen LogP contribution in [-0.4, -0.2) is 28.1 Å². The minimum absolute atomic E-state index is 0.127. The number of hydrogen-bond donors (Lipinski definition) is 1. The van der Waals surface area contributed by atoms with Gasteiger partial charge in [-0.25, -0.2) is 4.79 Å². The summed E-state index contributed by atoms with van der Waals surface area (Å²) in [5.41, 5.74) is 1.25. The molecule has 26 heavy (non-hydrogen) atoms. The molecule has 3 rings (SSSR count). The van der Waals surface area contributed by atoms with Gasteiger partial charge in [0, 0.05) is 25.2 Å². The van der Waals surface area contributed by atoms with Gasteiger partial charge in [0.05, 0.1) is 18.7 Å². The van der Waals surface area contributed by atoms with Crippen LogP contribution in [0.5, 0.6) is 5.75 Å². The van der Waals surface area contributed by atoms with Gasteiger partial charge in [-0.15, -0.1) is 0 Å². The monoisotopic (exact) mass is 355 g/mol. The van der Waals surface area contributed by atoms with E-state index in [2.05, 4.69) is 5.32 Å². The standard InChI is InChI=1S/C19H21N3O4/c1-10-14(11(2)23)15(12-6-8-13(26-5)9-7-12)16-17(20-10)21(3)19(25)22(4)18(16)24/h6-10,20H,1-5H3/t10-/m0/s1. The molecule has 136 valence electrons. The number of rotatable bonds is 3. The Bertz CT molecular complexity index is 1040. The summed E-state index contributed by atoms with van der Waals surface area (Å²) >= 11 is 0. The first kappa shape index (κ1) is 17.7. The van der Waals surface area contributed by atoms with Crippen LogP contribution in [0, 0.1) is 0 Å². The maximum atomic E-state index is 12.9. The molecule has 0 fully saturated rings. The van der Waals surface area contributed by atoms with E-state index in [0.717, 1.165) is 10.1 Å². The number of carbonyl (C=O) groups is 1. The first-order valence-corrected chi connectivity index (χ1v) is 8.24. The summed E-state index contributed by atoms with van der Waals surface area (Å²) < 4.78 is 7.64. The quantitative estimate of drug-likeness (QED) is 0.897. The van der Waals surface area contributed by atoms with Gasteiger partial charge in [-0.1, -0.05) is 12.1 Å². The van der Waals surface area contributed by atoms with Crippen LogP contribution in [0.3, 0.4) is 0 Å². The number of nitrogens with one attached hydrogen (secondary N) is 1. The smallest absolute Gasteiger partial charge is 0.332 e. The van der Waals surface area contributed by atoms with Gasteiger partial charge >= 0.3 is 5.69 Å². The van der Waals surface area contributed by atoms with Crippen LogP contribution in [0.15, 0.2) is 39.4 Å². The molecule has 1 atom stereocenters. The predicted octanol–water partition coefficient (Wildman–Crippen LogP) is 1.30. The van der Waals surface area contributed by atoms with E-state index in [1.54, 1.807) is 26.3 Å². The van der Waals surface area contributed by atoms with Crippen LogP contribution in [0.4, 0.5) is 5.82 Å². The highest BCUT2D eigenvalue weighted by Crippen LogP contribution is 2.36. The summed E-state index contributed by atoms with van der Waals surface area (Å²) in [6.45, 7) is 3.32. The van der Waals surface area contributed by atoms with Gasteiger partial charge in [0.1, 0.15) is 11.6 Å². The van der Waals surface area contributed by atoms with Gasteiger partial charge < -0.3 is 10.1 Å². The van der Waals surface area contributed by atoms with Crippen LogP contribution in [-0.2, 0) is 18.9 Å². The lowest BCUT2D eigenvalue weighted by atomic mass is 9.86. The highest BCUT2D eigenvalue weighted by atomic mass is 16.5. The van der Waals surface area contributed by atoms with Crippen molar-refractivity contribution in [2.75, 3.05) is 12.4 Å². The molecule has 2 heterocycles. The highest BCUT2D eigenvalue weighted by Gasteiger charge is 2.32. The van der Waals surface area contributed by atoms with Gasteiger partial charge in [-0.3, -0.25) is 18.7 Å². The minimum atomic E-state index is -0.438. The van der Waals surface area contributed by atoms with Gasteiger partial charge in [-0.2, -0.15) is 0 Å². The van der Waals surface area contributed by atoms with Crippen molar-refractivity contribution in [3.05, 3.63) is 61.8 Å². The first-order valence-electron chi connectivity index (χ1n) is 8.24. The van der Waals surface area contributed by atoms with E-state index >= 15 is 0 Å². The average molecular weight is 355 g/mol. The van der Waals surface area contributed by atoms with E-state index < -0.39 is 11.2 Å². The first-order chi connectivity index (χ1) is 12.3. The number of ether oxygens (including phenoxy) is 1. The highest BCUT2D eigenvalue weighted by molar-refractivity contribution is 6.08. The Morgan fingerprint density at radius 1 is 1.12 bits per heavy atom. The lowest BCUT2D eigenvalue weighted by Gasteiger charge is -2.30. The van der Waals surface area contributed by atoms with Crippen LogP contribution >= 0.6 is 0 Å². The molecule has 7 heteroatoms. The molecule has 0 radical (unpaired) electrons. The van der Waals surface area contributed by atoms with Crippen molar-refractivity contribution in [2.24, 2.45) is 14.1 Å². The number of aromatic nitrogens is 2. The lowest BCUT2D eigenvalue weighted by molar-refractivity contribution is -0.113.